The Labute approximate surface area is 72.7 Å². The maximum absolute atomic E-state index is 5.51. The Morgan fingerprint density at radius 2 is 2.45 bits per heavy atom. The lowest BCUT2D eigenvalue weighted by molar-refractivity contribution is 0.00469. The Kier molecular flexibility index (Phi) is 3.70. The van der Waals surface area contributed by atoms with Gasteiger partial charge in [0.05, 0.1) is 17.3 Å². The van der Waals surface area contributed by atoms with Crippen molar-refractivity contribution in [1.82, 2.24) is 0 Å². The first-order chi connectivity index (χ1) is 5.34. The molecule has 1 rings (SSSR count). The van der Waals surface area contributed by atoms with Crippen LogP contribution in [0.25, 0.3) is 0 Å². The van der Waals surface area contributed by atoms with Crippen molar-refractivity contribution in [3.05, 3.63) is 0 Å². The van der Waals surface area contributed by atoms with E-state index >= 15 is 0 Å². The van der Waals surface area contributed by atoms with E-state index in [0.29, 0.717) is 0 Å². The molecular weight excluding hydrogens is 158 g/mol. The fourth-order valence-corrected chi connectivity index (χ4v) is 1.48. The lowest BCUT2D eigenvalue weighted by Gasteiger charge is -2.24. The third-order valence-electron chi connectivity index (χ3n) is 2.01. The van der Waals surface area contributed by atoms with Crippen molar-refractivity contribution >= 4 is 17.4 Å². The van der Waals surface area contributed by atoms with Gasteiger partial charge in [-0.15, -0.1) is 0 Å². The first-order valence-corrected chi connectivity index (χ1v) is 4.44. The van der Waals surface area contributed by atoms with Crippen LogP contribution in [0.5, 0.6) is 0 Å². The SMILES string of the molecule is C[C@H](N=C=S)[C@@H]1CCCCO1. The van der Waals surface area contributed by atoms with Crippen molar-refractivity contribution in [2.24, 2.45) is 4.99 Å². The summed E-state index contributed by atoms with van der Waals surface area (Å²) < 4.78 is 5.51. The van der Waals surface area contributed by atoms with Crippen molar-refractivity contribution in [2.75, 3.05) is 6.61 Å². The van der Waals surface area contributed by atoms with E-state index in [4.69, 9.17) is 4.74 Å². The molecule has 11 heavy (non-hydrogen) atoms. The van der Waals surface area contributed by atoms with Gasteiger partial charge in [0.1, 0.15) is 0 Å². The highest BCUT2D eigenvalue weighted by Crippen LogP contribution is 2.16. The van der Waals surface area contributed by atoms with E-state index in [2.05, 4.69) is 22.4 Å². The second-order valence-electron chi connectivity index (χ2n) is 2.87. The van der Waals surface area contributed by atoms with E-state index in [-0.39, 0.29) is 12.1 Å². The van der Waals surface area contributed by atoms with Gasteiger partial charge in [0.15, 0.2) is 0 Å². The molecular formula is C8H13NOS. The molecule has 1 aliphatic heterocycles. The van der Waals surface area contributed by atoms with Crippen LogP contribution in [0.15, 0.2) is 4.99 Å². The molecule has 0 spiro atoms. The van der Waals surface area contributed by atoms with Crippen LogP contribution < -0.4 is 0 Å². The number of thiocarbonyl (C=S) groups is 1. The Hall–Kier alpha value is -0.240. The summed E-state index contributed by atoms with van der Waals surface area (Å²) >= 11 is 4.53. The predicted octanol–water partition coefficient (Wildman–Crippen LogP) is 2.05. The quantitative estimate of drug-likeness (QED) is 0.468. The van der Waals surface area contributed by atoms with E-state index in [1.165, 1.54) is 12.8 Å². The van der Waals surface area contributed by atoms with E-state index in [1.807, 2.05) is 6.92 Å². The second-order valence-corrected chi connectivity index (χ2v) is 3.05. The number of rotatable bonds is 2. The van der Waals surface area contributed by atoms with Gasteiger partial charge < -0.3 is 4.74 Å². The molecule has 0 amide bonds. The minimum Gasteiger partial charge on any atom is -0.376 e. The normalized spacial score (nSPS) is 27.2. The summed E-state index contributed by atoms with van der Waals surface area (Å²) in [6.07, 6.45) is 3.83. The maximum atomic E-state index is 5.51. The number of aliphatic imine (C=N–C) groups is 1. The van der Waals surface area contributed by atoms with Gasteiger partial charge in [-0.25, -0.2) is 4.99 Å². The van der Waals surface area contributed by atoms with Crippen molar-refractivity contribution in [3.63, 3.8) is 0 Å². The Balaban J connectivity index is 2.38. The van der Waals surface area contributed by atoms with Gasteiger partial charge in [0.25, 0.3) is 0 Å². The zero-order chi connectivity index (χ0) is 8.10. The summed E-state index contributed by atoms with van der Waals surface area (Å²) in [5.41, 5.74) is 0. The highest BCUT2D eigenvalue weighted by Gasteiger charge is 2.19. The van der Waals surface area contributed by atoms with Gasteiger partial charge in [0.2, 0.25) is 0 Å². The van der Waals surface area contributed by atoms with E-state index in [0.717, 1.165) is 13.0 Å². The number of hydrogen-bond acceptors (Lipinski definition) is 3. The van der Waals surface area contributed by atoms with E-state index in [9.17, 15) is 0 Å². The van der Waals surface area contributed by atoms with Crippen LogP contribution in [0.2, 0.25) is 0 Å². The molecule has 0 saturated carbocycles. The fourth-order valence-electron chi connectivity index (χ4n) is 1.31. The lowest BCUT2D eigenvalue weighted by atomic mass is 10.0. The molecule has 3 heteroatoms. The van der Waals surface area contributed by atoms with Gasteiger partial charge in [-0.05, 0) is 38.4 Å². The van der Waals surface area contributed by atoms with Crippen LogP contribution in [-0.2, 0) is 4.74 Å². The van der Waals surface area contributed by atoms with Crippen LogP contribution >= 0.6 is 12.2 Å². The lowest BCUT2D eigenvalue weighted by Crippen LogP contribution is -2.28. The number of nitrogens with zero attached hydrogens (tertiary/aromatic N) is 1. The highest BCUT2D eigenvalue weighted by molar-refractivity contribution is 7.78. The van der Waals surface area contributed by atoms with Gasteiger partial charge in [-0.2, -0.15) is 0 Å². The van der Waals surface area contributed by atoms with Gasteiger partial charge >= 0.3 is 0 Å². The minimum absolute atomic E-state index is 0.188. The average molecular weight is 171 g/mol. The molecule has 0 aromatic heterocycles. The molecule has 1 aliphatic rings. The molecule has 62 valence electrons. The smallest absolute Gasteiger partial charge is 0.0836 e. The molecule has 1 fully saturated rings. The largest absolute Gasteiger partial charge is 0.376 e. The molecule has 0 aromatic rings. The zero-order valence-corrected chi connectivity index (χ0v) is 7.56. The Morgan fingerprint density at radius 1 is 1.64 bits per heavy atom. The molecule has 1 heterocycles. The number of ether oxygens (including phenoxy) is 1. The van der Waals surface area contributed by atoms with Crippen LogP contribution in [0.4, 0.5) is 0 Å². The Bertz CT molecular complexity index is 159. The third-order valence-corrected chi connectivity index (χ3v) is 2.11. The standard InChI is InChI=1S/C8H13NOS/c1-7(9-6-11)8-4-2-3-5-10-8/h7-8H,2-5H2,1H3/t7-,8-/m0/s1. The summed E-state index contributed by atoms with van der Waals surface area (Å²) in [4.78, 5) is 3.99. The van der Waals surface area contributed by atoms with E-state index < -0.39 is 0 Å². The van der Waals surface area contributed by atoms with Gasteiger partial charge in [-0.1, -0.05) is 0 Å². The van der Waals surface area contributed by atoms with Crippen LogP contribution in [0.3, 0.4) is 0 Å². The van der Waals surface area contributed by atoms with Crippen LogP contribution in [0, 0.1) is 0 Å². The molecule has 0 aliphatic carbocycles. The van der Waals surface area contributed by atoms with Crippen molar-refractivity contribution in [2.45, 2.75) is 38.3 Å². The summed E-state index contributed by atoms with van der Waals surface area (Å²) in [5, 5.41) is 2.39. The number of hydrogen-bond donors (Lipinski definition) is 0. The summed E-state index contributed by atoms with van der Waals surface area (Å²) in [5.74, 6) is 0. The number of isothiocyanates is 1. The fraction of sp³-hybridized carbons (Fsp3) is 0.875. The van der Waals surface area contributed by atoms with Gasteiger partial charge in [0, 0.05) is 6.61 Å². The topological polar surface area (TPSA) is 21.6 Å². The van der Waals surface area contributed by atoms with Crippen LogP contribution in [-0.4, -0.2) is 23.9 Å². The monoisotopic (exact) mass is 171 g/mol. The van der Waals surface area contributed by atoms with Crippen molar-refractivity contribution < 1.29 is 4.74 Å². The molecule has 0 radical (unpaired) electrons. The van der Waals surface area contributed by atoms with Crippen LogP contribution in [0.1, 0.15) is 26.2 Å². The summed E-state index contributed by atoms with van der Waals surface area (Å²) in [7, 11) is 0. The minimum atomic E-state index is 0.188. The zero-order valence-electron chi connectivity index (χ0n) is 6.75. The summed E-state index contributed by atoms with van der Waals surface area (Å²) in [6, 6.07) is 0.188. The first-order valence-electron chi connectivity index (χ1n) is 4.03. The molecule has 2 nitrogen and oxygen atoms in total. The second kappa shape index (κ2) is 4.60. The Morgan fingerprint density at radius 3 is 3.00 bits per heavy atom. The third kappa shape index (κ3) is 2.70. The molecule has 0 unspecified atom stereocenters. The van der Waals surface area contributed by atoms with Crippen molar-refractivity contribution in [1.29, 1.82) is 0 Å². The van der Waals surface area contributed by atoms with Gasteiger partial charge in [-0.3, -0.25) is 0 Å². The predicted molar refractivity (Wildman–Crippen MR) is 48.1 cm³/mol. The highest BCUT2D eigenvalue weighted by atomic mass is 32.1. The van der Waals surface area contributed by atoms with E-state index in [1.54, 1.807) is 0 Å². The molecule has 1 saturated heterocycles. The van der Waals surface area contributed by atoms with Crippen molar-refractivity contribution in [3.8, 4) is 0 Å². The molecule has 2 atom stereocenters. The average Bonchev–Trinajstić information content (AvgIpc) is 2.07. The maximum Gasteiger partial charge on any atom is 0.0836 e. The first kappa shape index (κ1) is 8.85. The summed E-state index contributed by atoms with van der Waals surface area (Å²) in [6.45, 7) is 2.90. The molecule has 0 bridgehead atoms. The molecule has 0 aromatic carbocycles. The molecule has 0 N–H and O–H groups in total.